The number of carbonyl (C=O) groups is 1. The Morgan fingerprint density at radius 1 is 1.03 bits per heavy atom. The zero-order chi connectivity index (χ0) is 21.9. The van der Waals surface area contributed by atoms with Crippen LogP contribution >= 0.6 is 0 Å². The number of piperidine rings is 1. The lowest BCUT2D eigenvalue weighted by Crippen LogP contribution is -2.47. The molecule has 0 spiro atoms. The molecule has 0 saturated carbocycles. The van der Waals surface area contributed by atoms with Gasteiger partial charge in [-0.2, -0.15) is 0 Å². The van der Waals surface area contributed by atoms with E-state index in [4.69, 9.17) is 4.74 Å². The molecule has 0 atom stereocenters. The molecule has 166 valence electrons. The van der Waals surface area contributed by atoms with Crippen molar-refractivity contribution < 1.29 is 9.53 Å². The lowest BCUT2D eigenvalue weighted by molar-refractivity contribution is -0.131. The fourth-order valence-corrected chi connectivity index (χ4v) is 3.94. The number of aliphatic imine (C=N–C) groups is 1. The van der Waals surface area contributed by atoms with Crippen molar-refractivity contribution in [2.24, 2.45) is 10.9 Å². The van der Waals surface area contributed by atoms with Crippen molar-refractivity contribution in [3.05, 3.63) is 65.7 Å². The van der Waals surface area contributed by atoms with Crippen LogP contribution in [0.5, 0.6) is 5.75 Å². The Kier molecular flexibility index (Phi) is 8.76. The first-order chi connectivity index (χ1) is 15.2. The van der Waals surface area contributed by atoms with Crippen molar-refractivity contribution in [2.45, 2.75) is 25.7 Å². The summed E-state index contributed by atoms with van der Waals surface area (Å²) in [6.07, 6.45) is 4.10. The van der Waals surface area contributed by atoms with Crippen LogP contribution in [0, 0.1) is 5.92 Å². The van der Waals surface area contributed by atoms with Crippen molar-refractivity contribution in [3.8, 4) is 5.75 Å². The summed E-state index contributed by atoms with van der Waals surface area (Å²) < 4.78 is 5.19. The number of carbonyl (C=O) groups excluding carboxylic acids is 1. The van der Waals surface area contributed by atoms with E-state index >= 15 is 0 Å². The molecule has 6 nitrogen and oxygen atoms in total. The van der Waals surface area contributed by atoms with E-state index in [1.165, 1.54) is 11.1 Å². The van der Waals surface area contributed by atoms with Crippen LogP contribution in [-0.2, 0) is 17.6 Å². The topological polar surface area (TPSA) is 66.0 Å². The number of ether oxygens (including phenoxy) is 1. The standard InChI is InChI=1S/C25H34N4O2/c1-26-25(27-15-12-20-8-10-23(31-2)11-9-20)28-19-24(30)29-16-13-22(14-17-29)18-21-6-4-3-5-7-21/h3-11,22H,12-19H2,1-2H3,(H2,26,27,28). The molecule has 1 heterocycles. The smallest absolute Gasteiger partial charge is 0.241 e. The summed E-state index contributed by atoms with van der Waals surface area (Å²) in [5.41, 5.74) is 2.61. The number of rotatable bonds is 8. The van der Waals surface area contributed by atoms with Gasteiger partial charge in [-0.1, -0.05) is 42.5 Å². The molecule has 1 amide bonds. The molecule has 3 rings (SSSR count). The highest BCUT2D eigenvalue weighted by molar-refractivity contribution is 5.86. The van der Waals surface area contributed by atoms with Gasteiger partial charge in [-0.3, -0.25) is 9.79 Å². The number of hydrogen-bond acceptors (Lipinski definition) is 3. The molecule has 2 aromatic carbocycles. The minimum absolute atomic E-state index is 0.135. The summed E-state index contributed by atoms with van der Waals surface area (Å²) in [4.78, 5) is 18.8. The van der Waals surface area contributed by atoms with Gasteiger partial charge in [0.1, 0.15) is 5.75 Å². The SMILES string of the molecule is CN=C(NCCc1ccc(OC)cc1)NCC(=O)N1CCC(Cc2ccccc2)CC1. The van der Waals surface area contributed by atoms with Crippen molar-refractivity contribution in [2.75, 3.05) is 40.3 Å². The maximum absolute atomic E-state index is 12.6. The predicted molar refractivity (Wildman–Crippen MR) is 126 cm³/mol. The molecular formula is C25H34N4O2. The molecule has 0 bridgehead atoms. The highest BCUT2D eigenvalue weighted by Crippen LogP contribution is 2.21. The average Bonchev–Trinajstić information content (AvgIpc) is 2.82. The van der Waals surface area contributed by atoms with E-state index in [1.54, 1.807) is 14.2 Å². The molecule has 2 N–H and O–H groups in total. The number of nitrogens with one attached hydrogen (secondary N) is 2. The van der Waals surface area contributed by atoms with E-state index in [1.807, 2.05) is 17.0 Å². The monoisotopic (exact) mass is 422 g/mol. The Morgan fingerprint density at radius 2 is 1.74 bits per heavy atom. The summed E-state index contributed by atoms with van der Waals surface area (Å²) in [5.74, 6) is 2.31. The molecular weight excluding hydrogens is 388 g/mol. The van der Waals surface area contributed by atoms with E-state index in [2.05, 4.69) is 58.1 Å². The fourth-order valence-electron chi connectivity index (χ4n) is 3.94. The molecule has 0 aliphatic carbocycles. The molecule has 0 radical (unpaired) electrons. The van der Waals surface area contributed by atoms with Gasteiger partial charge < -0.3 is 20.3 Å². The minimum Gasteiger partial charge on any atom is -0.497 e. The highest BCUT2D eigenvalue weighted by atomic mass is 16.5. The van der Waals surface area contributed by atoms with Crippen LogP contribution in [0.25, 0.3) is 0 Å². The fraction of sp³-hybridized carbons (Fsp3) is 0.440. The Morgan fingerprint density at radius 3 is 2.39 bits per heavy atom. The van der Waals surface area contributed by atoms with Gasteiger partial charge >= 0.3 is 0 Å². The van der Waals surface area contributed by atoms with Crippen molar-refractivity contribution in [1.29, 1.82) is 0 Å². The first-order valence-corrected chi connectivity index (χ1v) is 11.1. The second kappa shape index (κ2) is 12.0. The Labute approximate surface area is 185 Å². The summed E-state index contributed by atoms with van der Waals surface area (Å²) in [5, 5.41) is 6.43. The van der Waals surface area contributed by atoms with E-state index in [9.17, 15) is 4.79 Å². The van der Waals surface area contributed by atoms with Gasteiger partial charge in [-0.15, -0.1) is 0 Å². The summed E-state index contributed by atoms with van der Waals surface area (Å²) >= 11 is 0. The first kappa shape index (κ1) is 22.7. The van der Waals surface area contributed by atoms with Crippen LogP contribution in [0.3, 0.4) is 0 Å². The van der Waals surface area contributed by atoms with Crippen LogP contribution in [0.15, 0.2) is 59.6 Å². The molecule has 1 saturated heterocycles. The zero-order valence-electron chi connectivity index (χ0n) is 18.6. The zero-order valence-corrected chi connectivity index (χ0v) is 18.6. The highest BCUT2D eigenvalue weighted by Gasteiger charge is 2.22. The summed E-state index contributed by atoms with van der Waals surface area (Å²) in [6, 6.07) is 18.7. The minimum atomic E-state index is 0.135. The lowest BCUT2D eigenvalue weighted by Gasteiger charge is -2.32. The van der Waals surface area contributed by atoms with Gasteiger partial charge in [-0.05, 0) is 54.9 Å². The number of benzene rings is 2. The predicted octanol–water partition coefficient (Wildman–Crippen LogP) is 2.88. The van der Waals surface area contributed by atoms with Crippen molar-refractivity contribution in [3.63, 3.8) is 0 Å². The second-order valence-corrected chi connectivity index (χ2v) is 7.96. The van der Waals surface area contributed by atoms with E-state index in [0.717, 1.165) is 51.1 Å². The van der Waals surface area contributed by atoms with Gasteiger partial charge in [0.25, 0.3) is 0 Å². The van der Waals surface area contributed by atoms with Crippen LogP contribution in [0.2, 0.25) is 0 Å². The molecule has 2 aromatic rings. The van der Waals surface area contributed by atoms with Crippen LogP contribution in [0.4, 0.5) is 0 Å². The number of nitrogens with zero attached hydrogens (tertiary/aromatic N) is 2. The molecule has 1 aliphatic heterocycles. The van der Waals surface area contributed by atoms with Gasteiger partial charge in [0, 0.05) is 26.7 Å². The van der Waals surface area contributed by atoms with Gasteiger partial charge in [0.05, 0.1) is 13.7 Å². The maximum atomic E-state index is 12.6. The largest absolute Gasteiger partial charge is 0.497 e. The summed E-state index contributed by atoms with van der Waals surface area (Å²) in [7, 11) is 3.39. The number of hydrogen-bond donors (Lipinski definition) is 2. The number of guanidine groups is 1. The molecule has 31 heavy (non-hydrogen) atoms. The van der Waals surface area contributed by atoms with Gasteiger partial charge in [0.15, 0.2) is 5.96 Å². The van der Waals surface area contributed by atoms with E-state index in [-0.39, 0.29) is 12.5 Å². The molecule has 0 unspecified atom stereocenters. The van der Waals surface area contributed by atoms with E-state index < -0.39 is 0 Å². The van der Waals surface area contributed by atoms with Crippen molar-refractivity contribution in [1.82, 2.24) is 15.5 Å². The van der Waals surface area contributed by atoms with Crippen LogP contribution in [0.1, 0.15) is 24.0 Å². The lowest BCUT2D eigenvalue weighted by atomic mass is 9.90. The number of likely N-dealkylation sites (tertiary alicyclic amines) is 1. The second-order valence-electron chi connectivity index (χ2n) is 7.96. The summed E-state index contributed by atoms with van der Waals surface area (Å²) in [6.45, 7) is 2.68. The van der Waals surface area contributed by atoms with E-state index in [0.29, 0.717) is 11.9 Å². The number of amides is 1. The first-order valence-electron chi connectivity index (χ1n) is 11.1. The quantitative estimate of drug-likeness (QED) is 0.507. The Bertz CT molecular complexity index is 828. The Hall–Kier alpha value is -3.02. The van der Waals surface area contributed by atoms with Crippen molar-refractivity contribution >= 4 is 11.9 Å². The van der Waals surface area contributed by atoms with Gasteiger partial charge in [-0.25, -0.2) is 0 Å². The van der Waals surface area contributed by atoms with Gasteiger partial charge in [0.2, 0.25) is 5.91 Å². The average molecular weight is 423 g/mol. The molecule has 6 heteroatoms. The Balaban J connectivity index is 1.34. The molecule has 1 fully saturated rings. The van der Waals surface area contributed by atoms with Crippen LogP contribution < -0.4 is 15.4 Å². The number of methoxy groups -OCH3 is 1. The van der Waals surface area contributed by atoms with Crippen LogP contribution in [-0.4, -0.2) is 57.1 Å². The third-order valence-electron chi connectivity index (χ3n) is 5.83. The molecule has 0 aromatic heterocycles. The normalized spacial score (nSPS) is 14.9. The third-order valence-corrected chi connectivity index (χ3v) is 5.83. The third kappa shape index (κ3) is 7.31. The maximum Gasteiger partial charge on any atom is 0.241 e. The molecule has 1 aliphatic rings.